The Balaban J connectivity index is 0.00000361. The molecule has 0 bridgehead atoms. The van der Waals surface area contributed by atoms with E-state index >= 15 is 4.39 Å². The Bertz CT molecular complexity index is 1090. The molecule has 0 saturated heterocycles. The van der Waals surface area contributed by atoms with Crippen LogP contribution in [0.15, 0.2) is 54.9 Å². The van der Waals surface area contributed by atoms with Crippen LogP contribution in [0.4, 0.5) is 10.1 Å². The van der Waals surface area contributed by atoms with Crippen molar-refractivity contribution in [3.8, 4) is 0 Å². The van der Waals surface area contributed by atoms with Crippen LogP contribution < -0.4 is 48.3 Å². The van der Waals surface area contributed by atoms with E-state index in [1.807, 2.05) is 18.2 Å². The second kappa shape index (κ2) is 18.5. The van der Waals surface area contributed by atoms with Gasteiger partial charge in [0.15, 0.2) is 24.8 Å². The van der Waals surface area contributed by atoms with Crippen molar-refractivity contribution in [2.75, 3.05) is 37.6 Å². The maximum atomic E-state index is 15.7. The van der Waals surface area contributed by atoms with Gasteiger partial charge in [0.05, 0.1) is 31.7 Å². The molecule has 210 valence electrons. The van der Waals surface area contributed by atoms with Crippen molar-refractivity contribution < 1.29 is 47.8 Å². The van der Waals surface area contributed by atoms with Crippen LogP contribution in [0.1, 0.15) is 70.9 Å². The van der Waals surface area contributed by atoms with E-state index in [0.29, 0.717) is 5.39 Å². The van der Waals surface area contributed by atoms with Crippen molar-refractivity contribution in [1.29, 1.82) is 0 Å². The molecule has 0 atom stereocenters. The minimum absolute atomic E-state index is 0. The summed E-state index contributed by atoms with van der Waals surface area (Å²) in [6.07, 6.45) is 14.1. The highest BCUT2D eigenvalue weighted by Crippen LogP contribution is 2.30. The molecule has 0 fully saturated rings. The highest BCUT2D eigenvalue weighted by Gasteiger charge is 2.15. The van der Waals surface area contributed by atoms with Gasteiger partial charge in [0.25, 0.3) is 0 Å². The summed E-state index contributed by atoms with van der Waals surface area (Å²) in [5.74, 6) is -0.0951. The van der Waals surface area contributed by atoms with E-state index in [-0.39, 0.29) is 39.8 Å². The molecule has 0 radical (unpaired) electrons. The lowest BCUT2D eigenvalue weighted by molar-refractivity contribution is -0.898. The van der Waals surface area contributed by atoms with Gasteiger partial charge in [-0.2, -0.15) is 0 Å². The summed E-state index contributed by atoms with van der Waals surface area (Å²) in [5.41, 5.74) is 2.94. The molecule has 0 spiro atoms. The molecule has 38 heavy (non-hydrogen) atoms. The minimum Gasteiger partial charge on any atom is -1.00 e. The zero-order chi connectivity index (χ0) is 25.8. The molecule has 0 saturated carbocycles. The van der Waals surface area contributed by atoms with Crippen LogP contribution in [0.2, 0.25) is 0 Å². The van der Waals surface area contributed by atoms with E-state index in [0.717, 1.165) is 67.5 Å². The van der Waals surface area contributed by atoms with Gasteiger partial charge in [-0.25, -0.2) is 8.96 Å². The number of aromatic nitrogens is 1. The lowest BCUT2D eigenvalue weighted by Crippen LogP contribution is -3.11. The topological polar surface area (TPSA) is 11.6 Å². The molecule has 3 rings (SSSR count). The Morgan fingerprint density at radius 3 is 2.05 bits per heavy atom. The largest absolute Gasteiger partial charge is 1.00 e. The second-order valence-corrected chi connectivity index (χ2v) is 9.80. The molecular weight excluding hydrogens is 605 g/mol. The molecule has 1 heterocycles. The number of hydrogen-bond donors (Lipinski definition) is 1. The fourth-order valence-corrected chi connectivity index (χ4v) is 4.80. The van der Waals surface area contributed by atoms with Crippen LogP contribution in [0.5, 0.6) is 0 Å². The van der Waals surface area contributed by atoms with Crippen LogP contribution in [-0.4, -0.2) is 32.7 Å². The normalized spacial score (nSPS) is 11.1. The summed E-state index contributed by atoms with van der Waals surface area (Å²) in [6, 6.07) is 14.3. The van der Waals surface area contributed by atoms with Gasteiger partial charge in [-0.1, -0.05) is 63.1 Å². The molecule has 3 aromatic rings. The van der Waals surface area contributed by atoms with Gasteiger partial charge in [-0.15, -0.1) is 0 Å². The van der Waals surface area contributed by atoms with E-state index in [1.165, 1.54) is 26.1 Å². The predicted molar refractivity (Wildman–Crippen MR) is 153 cm³/mol. The van der Waals surface area contributed by atoms with Crippen LogP contribution in [-0.2, 0) is 6.54 Å². The molecule has 3 nitrogen and oxygen atoms in total. The lowest BCUT2D eigenvalue weighted by atomic mass is 10.0. The third-order valence-electron chi connectivity index (χ3n) is 7.23. The minimum atomic E-state index is -0.0951. The third kappa shape index (κ3) is 9.77. The number of hydrogen-bond acceptors (Lipinski definition) is 1. The molecule has 0 amide bonds. The van der Waals surface area contributed by atoms with Gasteiger partial charge in [-0.05, 0) is 49.3 Å². The maximum absolute atomic E-state index is 15.7. The standard InChI is InChI=1S/C32H45FN3.2BrH/c1-5-9-23-36(24-10-6-2)31-18-17-29-28(13-11-14-30(29)32(31)33)16-15-27-19-25-35(26-20-27)22-12-21-34(7-3)8-4;;/h11,13-20,25-26H,5-10,12,21-24H2,1-4H3;2*1H/q+1;;/p-1/b16-15+;;. The van der Waals surface area contributed by atoms with Gasteiger partial charge < -0.3 is 43.8 Å². The van der Waals surface area contributed by atoms with Crippen LogP contribution in [0, 0.1) is 5.82 Å². The van der Waals surface area contributed by atoms with Gasteiger partial charge in [0.1, 0.15) is 0 Å². The molecule has 6 heteroatoms. The van der Waals surface area contributed by atoms with E-state index < -0.39 is 0 Å². The first-order valence-corrected chi connectivity index (χ1v) is 14.1. The number of halogens is 3. The van der Waals surface area contributed by atoms with Crippen LogP contribution >= 0.6 is 0 Å². The molecular formula is C32H46Br2FN3. The summed E-state index contributed by atoms with van der Waals surface area (Å²) >= 11 is 0. The zero-order valence-corrected chi connectivity index (χ0v) is 26.8. The van der Waals surface area contributed by atoms with Gasteiger partial charge in [0.2, 0.25) is 0 Å². The summed E-state index contributed by atoms with van der Waals surface area (Å²) in [6.45, 7) is 15.4. The van der Waals surface area contributed by atoms with Gasteiger partial charge in [-0.3, -0.25) is 0 Å². The number of nitrogens with zero attached hydrogens (tertiary/aromatic N) is 2. The molecule has 1 aromatic heterocycles. The number of aryl methyl sites for hydroxylation is 1. The molecule has 0 unspecified atom stereocenters. The van der Waals surface area contributed by atoms with E-state index in [1.54, 1.807) is 4.90 Å². The van der Waals surface area contributed by atoms with Crippen molar-refractivity contribution in [2.45, 2.75) is 66.3 Å². The highest BCUT2D eigenvalue weighted by molar-refractivity contribution is 5.95. The summed E-state index contributed by atoms with van der Waals surface area (Å²) in [5, 5.41) is 1.67. The van der Waals surface area contributed by atoms with Crippen LogP contribution in [0.25, 0.3) is 22.9 Å². The number of benzene rings is 2. The SMILES string of the molecule is CCCCN(CCCC)c1ccc2c(/C=C/c3cc[n+](CCC[NH+](CC)CC)cc3)cccc2c1F.[Br-].[Br-]. The Kier molecular flexibility index (Phi) is 16.7. The number of pyridine rings is 1. The van der Waals surface area contributed by atoms with Crippen LogP contribution in [0.3, 0.4) is 0 Å². The molecule has 0 aliphatic rings. The van der Waals surface area contributed by atoms with Crippen molar-refractivity contribution >= 4 is 28.6 Å². The number of unbranched alkanes of at least 4 members (excludes halogenated alkanes) is 2. The Morgan fingerprint density at radius 1 is 0.789 bits per heavy atom. The van der Waals surface area contributed by atoms with Gasteiger partial charge in [0, 0.05) is 30.6 Å². The van der Waals surface area contributed by atoms with Crippen molar-refractivity contribution in [3.05, 3.63) is 71.8 Å². The lowest BCUT2D eigenvalue weighted by Gasteiger charge is -2.26. The van der Waals surface area contributed by atoms with E-state index in [9.17, 15) is 0 Å². The molecule has 2 aromatic carbocycles. The average molecular weight is 652 g/mol. The molecule has 0 aliphatic heterocycles. The van der Waals surface area contributed by atoms with E-state index in [2.05, 4.69) is 86.0 Å². The first-order valence-electron chi connectivity index (χ1n) is 14.1. The first kappa shape index (κ1) is 34.3. The summed E-state index contributed by atoms with van der Waals surface area (Å²) in [7, 11) is 0. The number of anilines is 1. The highest BCUT2D eigenvalue weighted by atomic mass is 79.9. The van der Waals surface area contributed by atoms with Crippen molar-refractivity contribution in [1.82, 2.24) is 0 Å². The Morgan fingerprint density at radius 2 is 1.45 bits per heavy atom. The van der Waals surface area contributed by atoms with Crippen molar-refractivity contribution in [2.24, 2.45) is 0 Å². The van der Waals surface area contributed by atoms with E-state index in [4.69, 9.17) is 0 Å². The summed E-state index contributed by atoms with van der Waals surface area (Å²) < 4.78 is 18.0. The number of nitrogens with one attached hydrogen (secondary N) is 1. The summed E-state index contributed by atoms with van der Waals surface area (Å²) in [4.78, 5) is 3.88. The average Bonchev–Trinajstić information content (AvgIpc) is 2.91. The molecule has 0 aliphatic carbocycles. The zero-order valence-electron chi connectivity index (χ0n) is 23.7. The number of fused-ring (bicyclic) bond motifs is 1. The number of quaternary nitrogens is 1. The first-order chi connectivity index (χ1) is 17.6. The Labute approximate surface area is 251 Å². The fourth-order valence-electron chi connectivity index (χ4n) is 4.80. The van der Waals surface area contributed by atoms with Gasteiger partial charge >= 0.3 is 0 Å². The maximum Gasteiger partial charge on any atom is 0.169 e. The fraction of sp³-hybridized carbons (Fsp3) is 0.469. The van der Waals surface area contributed by atoms with Crippen molar-refractivity contribution in [3.63, 3.8) is 0 Å². The predicted octanol–water partition coefficient (Wildman–Crippen LogP) is 0.166. The quantitative estimate of drug-likeness (QED) is 0.231. The molecule has 1 N–H and O–H groups in total. The third-order valence-corrected chi connectivity index (χ3v) is 7.23. The monoisotopic (exact) mass is 649 g/mol. The second-order valence-electron chi connectivity index (χ2n) is 9.80. The number of rotatable bonds is 15. The Hall–Kier alpha value is -1.76. The smallest absolute Gasteiger partial charge is 0.169 e.